The molecule has 2 bridgehead atoms. The predicted octanol–water partition coefficient (Wildman–Crippen LogP) is 7.54. The van der Waals surface area contributed by atoms with E-state index in [1.807, 2.05) is 25.1 Å². The van der Waals surface area contributed by atoms with Crippen LogP contribution in [0.3, 0.4) is 0 Å². The Morgan fingerprint density at radius 3 is 2.58 bits per heavy atom. The molecule has 1 aliphatic carbocycles. The summed E-state index contributed by atoms with van der Waals surface area (Å²) in [6.07, 6.45) is 7.97. The number of benzene rings is 2. The third kappa shape index (κ3) is 6.38. The highest BCUT2D eigenvalue weighted by Gasteiger charge is 2.38. The molecule has 5 nitrogen and oxygen atoms in total. The Kier molecular flexibility index (Phi) is 9.46. The first-order valence-electron chi connectivity index (χ1n) is 15.3. The van der Waals surface area contributed by atoms with Gasteiger partial charge in [0.05, 0.1) is 17.5 Å². The first-order valence-corrected chi connectivity index (χ1v) is 16.9. The molecule has 2 aromatic rings. The molecule has 7 unspecified atom stereocenters. The van der Waals surface area contributed by atoms with Gasteiger partial charge >= 0.3 is 0 Å². The molecule has 0 saturated heterocycles. The van der Waals surface area contributed by atoms with Crippen LogP contribution in [0.1, 0.15) is 93.6 Å². The van der Waals surface area contributed by atoms with Crippen LogP contribution in [0.15, 0.2) is 36.4 Å². The fourth-order valence-corrected chi connectivity index (χ4v) is 8.21. The van der Waals surface area contributed by atoms with Crippen molar-refractivity contribution in [3.63, 3.8) is 0 Å². The van der Waals surface area contributed by atoms with Crippen LogP contribution in [0, 0.1) is 23.7 Å². The molecule has 0 spiro atoms. The van der Waals surface area contributed by atoms with Crippen molar-refractivity contribution in [1.82, 2.24) is 4.72 Å². The Morgan fingerprint density at radius 1 is 1.02 bits per heavy atom. The second kappa shape index (κ2) is 12.9. The van der Waals surface area contributed by atoms with E-state index in [2.05, 4.69) is 42.5 Å². The van der Waals surface area contributed by atoms with Crippen LogP contribution in [-0.2, 0) is 17.4 Å². The van der Waals surface area contributed by atoms with Gasteiger partial charge in [0.1, 0.15) is 16.7 Å². The zero-order valence-electron chi connectivity index (χ0n) is 24.5. The number of anilines is 1. The second-order valence-corrected chi connectivity index (χ2v) is 14.5. The van der Waals surface area contributed by atoms with E-state index in [1.54, 1.807) is 6.07 Å². The molecule has 1 N–H and O–H groups in total. The SMILES string of the molecule is CCCc1cc(Cl)ccc1C1COc2ccc3cc2N(C1)CC1CCC1C(C)CCCC(C)C(C)S(=O)NC3=O. The van der Waals surface area contributed by atoms with Crippen LogP contribution in [0.2, 0.25) is 5.02 Å². The lowest BCUT2D eigenvalue weighted by atomic mass is 9.66. The number of carbonyl (C=O) groups excluding carboxylic acids is 1. The van der Waals surface area contributed by atoms with Gasteiger partial charge in [-0.15, -0.1) is 0 Å². The summed E-state index contributed by atoms with van der Waals surface area (Å²) in [5.74, 6) is 3.05. The maximum absolute atomic E-state index is 13.3. The van der Waals surface area contributed by atoms with Gasteiger partial charge in [-0.25, -0.2) is 4.21 Å². The number of halogens is 1. The lowest BCUT2D eigenvalue weighted by Crippen LogP contribution is -2.42. The lowest BCUT2D eigenvalue weighted by Gasteiger charge is -2.44. The molecule has 0 aromatic heterocycles. The van der Waals surface area contributed by atoms with Crippen molar-refractivity contribution in [3.8, 4) is 5.75 Å². The molecule has 0 radical (unpaired) electrons. The van der Waals surface area contributed by atoms with E-state index in [0.29, 0.717) is 24.0 Å². The van der Waals surface area contributed by atoms with E-state index >= 15 is 0 Å². The van der Waals surface area contributed by atoms with Gasteiger partial charge in [-0.3, -0.25) is 9.52 Å². The van der Waals surface area contributed by atoms with Gasteiger partial charge in [-0.2, -0.15) is 0 Å². The van der Waals surface area contributed by atoms with Crippen LogP contribution in [0.25, 0.3) is 0 Å². The normalized spacial score (nSPS) is 31.3. The molecule has 1 saturated carbocycles. The maximum Gasteiger partial charge on any atom is 0.263 e. The molecule has 40 heavy (non-hydrogen) atoms. The van der Waals surface area contributed by atoms with E-state index < -0.39 is 11.0 Å². The summed E-state index contributed by atoms with van der Waals surface area (Å²) in [4.78, 5) is 15.7. The number of amides is 1. The Bertz CT molecular complexity index is 1240. The standard InChI is InChI=1S/C33H45ClN2O3S/c1-5-7-24-16-28(34)12-14-30(24)27-19-36-18-26-10-13-29(26)22(3)9-6-8-21(2)23(4)40(38)35-33(37)25-11-15-32(39-20-27)31(36)17-25/h11-12,14-17,21-23,26-27,29H,5-10,13,18-20H2,1-4H3,(H,35,37). The van der Waals surface area contributed by atoms with Crippen LogP contribution >= 0.6 is 11.6 Å². The number of rotatable bonds is 3. The molecule has 2 aromatic carbocycles. The first-order chi connectivity index (χ1) is 19.2. The minimum Gasteiger partial charge on any atom is -0.491 e. The minimum absolute atomic E-state index is 0.0956. The van der Waals surface area contributed by atoms with Gasteiger partial charge in [-0.1, -0.05) is 57.7 Å². The Hall–Kier alpha value is -2.05. The number of hydrogen-bond donors (Lipinski definition) is 1. The van der Waals surface area contributed by atoms with Crippen molar-refractivity contribution in [2.75, 3.05) is 24.6 Å². The highest BCUT2D eigenvalue weighted by molar-refractivity contribution is 7.84. The summed E-state index contributed by atoms with van der Waals surface area (Å²) < 4.78 is 22.3. The third-order valence-electron chi connectivity index (χ3n) is 9.82. The van der Waals surface area contributed by atoms with E-state index in [1.165, 1.54) is 30.4 Å². The Labute approximate surface area is 248 Å². The predicted molar refractivity (Wildman–Crippen MR) is 166 cm³/mol. The summed E-state index contributed by atoms with van der Waals surface area (Å²) in [6, 6.07) is 12.0. The quantitative estimate of drug-likeness (QED) is 0.405. The smallest absolute Gasteiger partial charge is 0.263 e. The van der Waals surface area contributed by atoms with Crippen LogP contribution in [-0.4, -0.2) is 35.1 Å². The first kappa shape index (κ1) is 29.4. The number of aryl methyl sites for hydroxylation is 1. The molecular weight excluding hydrogens is 540 g/mol. The van der Waals surface area contributed by atoms with Crippen LogP contribution in [0.5, 0.6) is 5.75 Å². The number of nitrogens with zero attached hydrogens (tertiary/aromatic N) is 1. The van der Waals surface area contributed by atoms with Crippen molar-refractivity contribution in [3.05, 3.63) is 58.1 Å². The van der Waals surface area contributed by atoms with Gasteiger partial charge in [0.25, 0.3) is 5.91 Å². The average Bonchev–Trinajstić information content (AvgIpc) is 3.09. The van der Waals surface area contributed by atoms with E-state index in [-0.39, 0.29) is 23.0 Å². The van der Waals surface area contributed by atoms with Gasteiger partial charge in [0.2, 0.25) is 0 Å². The fourth-order valence-electron chi connectivity index (χ4n) is 6.97. The minimum atomic E-state index is -1.44. The molecule has 2 heterocycles. The van der Waals surface area contributed by atoms with Gasteiger partial charge in [0, 0.05) is 29.6 Å². The molecule has 218 valence electrons. The zero-order valence-corrected chi connectivity index (χ0v) is 26.0. The largest absolute Gasteiger partial charge is 0.491 e. The van der Waals surface area contributed by atoms with E-state index in [0.717, 1.165) is 61.2 Å². The lowest BCUT2D eigenvalue weighted by molar-refractivity contribution is 0.0982. The molecular formula is C33H45ClN2O3S. The number of nitrogens with one attached hydrogen (secondary N) is 1. The summed E-state index contributed by atoms with van der Waals surface area (Å²) in [7, 11) is -1.44. The monoisotopic (exact) mass is 584 g/mol. The molecule has 1 amide bonds. The fraction of sp³-hybridized carbons (Fsp3) is 0.606. The third-order valence-corrected chi connectivity index (χ3v) is 11.6. The van der Waals surface area contributed by atoms with Gasteiger partial charge in [0.15, 0.2) is 0 Å². The summed E-state index contributed by atoms with van der Waals surface area (Å²) in [5.41, 5.74) is 4.10. The molecule has 7 atom stereocenters. The topological polar surface area (TPSA) is 58.6 Å². The second-order valence-electron chi connectivity index (χ2n) is 12.5. The summed E-state index contributed by atoms with van der Waals surface area (Å²) in [5, 5.41) is 0.680. The number of carbonyl (C=O) groups is 1. The Balaban J connectivity index is 1.51. The molecule has 5 rings (SSSR count). The van der Waals surface area contributed by atoms with Crippen molar-refractivity contribution in [1.29, 1.82) is 0 Å². The summed E-state index contributed by atoms with van der Waals surface area (Å²) in [6.45, 7) is 11.2. The Morgan fingerprint density at radius 2 is 1.82 bits per heavy atom. The van der Waals surface area contributed by atoms with Crippen LogP contribution in [0.4, 0.5) is 5.69 Å². The number of fused-ring (bicyclic) bond motifs is 2. The number of hydrogen-bond acceptors (Lipinski definition) is 4. The van der Waals surface area contributed by atoms with Gasteiger partial charge in [-0.05, 0) is 97.7 Å². The molecule has 7 heteroatoms. The van der Waals surface area contributed by atoms with Crippen LogP contribution < -0.4 is 14.4 Å². The number of ether oxygens (including phenoxy) is 1. The zero-order chi connectivity index (χ0) is 28.4. The summed E-state index contributed by atoms with van der Waals surface area (Å²) >= 11 is 6.41. The van der Waals surface area contributed by atoms with E-state index in [9.17, 15) is 9.00 Å². The molecule has 2 aliphatic heterocycles. The highest BCUT2D eigenvalue weighted by Crippen LogP contribution is 2.45. The highest BCUT2D eigenvalue weighted by atomic mass is 35.5. The van der Waals surface area contributed by atoms with Crippen molar-refractivity contribution < 1.29 is 13.7 Å². The molecule has 1 fully saturated rings. The average molecular weight is 585 g/mol. The van der Waals surface area contributed by atoms with E-state index in [4.69, 9.17) is 16.3 Å². The van der Waals surface area contributed by atoms with Crippen molar-refractivity contribution >= 4 is 34.2 Å². The maximum atomic E-state index is 13.3. The van der Waals surface area contributed by atoms with Crippen molar-refractivity contribution in [2.45, 2.75) is 83.8 Å². The molecule has 3 aliphatic rings. The van der Waals surface area contributed by atoms with Gasteiger partial charge < -0.3 is 9.64 Å². The van der Waals surface area contributed by atoms with Crippen molar-refractivity contribution in [2.24, 2.45) is 23.7 Å².